The van der Waals surface area contributed by atoms with Crippen molar-refractivity contribution in [1.82, 2.24) is 4.57 Å². The first-order valence-electron chi connectivity index (χ1n) is 5.65. The van der Waals surface area contributed by atoms with E-state index in [2.05, 4.69) is 10.9 Å². The summed E-state index contributed by atoms with van der Waals surface area (Å²) in [4.78, 5) is 15.8. The van der Waals surface area contributed by atoms with Gasteiger partial charge in [0.2, 0.25) is 5.91 Å². The van der Waals surface area contributed by atoms with Crippen molar-refractivity contribution >= 4 is 37.3 Å². The number of terminal acetylenes is 1. The smallest absolute Gasteiger partial charge is 0.245 e. The van der Waals surface area contributed by atoms with Crippen LogP contribution in [0.2, 0.25) is 0 Å². The molecule has 5 nitrogen and oxygen atoms in total. The van der Waals surface area contributed by atoms with Crippen LogP contribution in [0.1, 0.15) is 6.92 Å². The molecule has 20 heavy (non-hydrogen) atoms. The van der Waals surface area contributed by atoms with Crippen molar-refractivity contribution in [1.29, 1.82) is 0 Å². The predicted octanol–water partition coefficient (Wildman–Crippen LogP) is 1.19. The standard InChI is InChI=1S/C13H12N2O3S2/c1-4-7-15-11-6-5-10(20(3,17)18)8-12(11)19-13(15)14-9(2)16/h1,5-6,8H,7H2,2-3H3. The summed E-state index contributed by atoms with van der Waals surface area (Å²) in [5.74, 6) is 2.17. The van der Waals surface area contributed by atoms with Gasteiger partial charge in [0, 0.05) is 13.2 Å². The number of amides is 1. The van der Waals surface area contributed by atoms with Crippen molar-refractivity contribution in [2.24, 2.45) is 4.99 Å². The molecule has 104 valence electrons. The molecule has 0 bridgehead atoms. The van der Waals surface area contributed by atoms with E-state index in [-0.39, 0.29) is 17.3 Å². The molecular weight excluding hydrogens is 296 g/mol. The van der Waals surface area contributed by atoms with Gasteiger partial charge in [-0.3, -0.25) is 4.79 Å². The number of nitrogens with zero attached hydrogens (tertiary/aromatic N) is 2. The summed E-state index contributed by atoms with van der Waals surface area (Å²) in [6.45, 7) is 1.62. The van der Waals surface area contributed by atoms with Gasteiger partial charge in [-0.1, -0.05) is 17.3 Å². The minimum absolute atomic E-state index is 0.230. The molecule has 0 aliphatic carbocycles. The first-order valence-corrected chi connectivity index (χ1v) is 8.36. The first kappa shape index (κ1) is 14.5. The van der Waals surface area contributed by atoms with Crippen molar-refractivity contribution in [2.45, 2.75) is 18.4 Å². The van der Waals surface area contributed by atoms with Gasteiger partial charge in [-0.15, -0.1) is 6.42 Å². The first-order chi connectivity index (χ1) is 9.32. The minimum atomic E-state index is -3.27. The number of carbonyl (C=O) groups is 1. The molecule has 0 aliphatic rings. The third-order valence-corrected chi connectivity index (χ3v) is 4.74. The molecule has 2 rings (SSSR count). The molecule has 0 saturated carbocycles. The molecular formula is C13H12N2O3S2. The van der Waals surface area contributed by atoms with Crippen LogP contribution in [0.3, 0.4) is 0 Å². The summed E-state index contributed by atoms with van der Waals surface area (Å²) in [6.07, 6.45) is 6.47. The normalized spacial score (nSPS) is 12.6. The van der Waals surface area contributed by atoms with Crippen LogP contribution in [0.15, 0.2) is 28.1 Å². The molecule has 0 N–H and O–H groups in total. The third kappa shape index (κ3) is 2.81. The zero-order chi connectivity index (χ0) is 14.9. The number of hydrogen-bond donors (Lipinski definition) is 0. The topological polar surface area (TPSA) is 68.5 Å². The maximum absolute atomic E-state index is 11.6. The van der Waals surface area contributed by atoms with Crippen LogP contribution in [0.4, 0.5) is 0 Å². The highest BCUT2D eigenvalue weighted by molar-refractivity contribution is 7.90. The van der Waals surface area contributed by atoms with Crippen LogP contribution in [0.5, 0.6) is 0 Å². The highest BCUT2D eigenvalue weighted by Crippen LogP contribution is 2.21. The lowest BCUT2D eigenvalue weighted by atomic mass is 10.3. The van der Waals surface area contributed by atoms with Gasteiger partial charge in [-0.25, -0.2) is 8.42 Å². The van der Waals surface area contributed by atoms with E-state index in [1.54, 1.807) is 16.7 Å². The molecule has 1 aromatic carbocycles. The fourth-order valence-corrected chi connectivity index (χ4v) is 3.58. The highest BCUT2D eigenvalue weighted by atomic mass is 32.2. The van der Waals surface area contributed by atoms with E-state index in [1.807, 2.05) is 0 Å². The number of aromatic nitrogens is 1. The van der Waals surface area contributed by atoms with Gasteiger partial charge in [0.1, 0.15) is 0 Å². The summed E-state index contributed by atoms with van der Waals surface area (Å²) >= 11 is 1.24. The molecule has 0 radical (unpaired) electrons. The predicted molar refractivity (Wildman–Crippen MR) is 78.0 cm³/mol. The molecule has 1 aromatic heterocycles. The Morgan fingerprint density at radius 3 is 2.75 bits per heavy atom. The fourth-order valence-electron chi connectivity index (χ4n) is 1.75. The van der Waals surface area contributed by atoms with Crippen LogP contribution in [0.25, 0.3) is 10.2 Å². The average molecular weight is 308 g/mol. The van der Waals surface area contributed by atoms with E-state index in [0.29, 0.717) is 4.80 Å². The Morgan fingerprint density at radius 1 is 1.50 bits per heavy atom. The van der Waals surface area contributed by atoms with Crippen molar-refractivity contribution in [3.63, 3.8) is 0 Å². The molecule has 1 amide bonds. The summed E-state index contributed by atoms with van der Waals surface area (Å²) in [5, 5.41) is 0. The van der Waals surface area contributed by atoms with Gasteiger partial charge in [0.05, 0.1) is 21.7 Å². The van der Waals surface area contributed by atoms with Crippen LogP contribution in [0, 0.1) is 12.3 Å². The van der Waals surface area contributed by atoms with Gasteiger partial charge >= 0.3 is 0 Å². The van der Waals surface area contributed by atoms with E-state index < -0.39 is 9.84 Å². The Labute approximate surface area is 120 Å². The monoisotopic (exact) mass is 308 g/mol. The third-order valence-electron chi connectivity index (χ3n) is 2.58. The van der Waals surface area contributed by atoms with Gasteiger partial charge < -0.3 is 4.57 Å². The lowest BCUT2D eigenvalue weighted by molar-refractivity contribution is -0.116. The van der Waals surface area contributed by atoms with Crippen LogP contribution < -0.4 is 4.80 Å². The summed E-state index contributed by atoms with van der Waals surface area (Å²) in [5.41, 5.74) is 0.764. The summed E-state index contributed by atoms with van der Waals surface area (Å²) in [6, 6.07) is 4.77. The zero-order valence-electron chi connectivity index (χ0n) is 11.0. The Hall–Kier alpha value is -1.91. The SMILES string of the molecule is C#CCn1c(=NC(C)=O)sc2cc(S(C)(=O)=O)ccc21. The van der Waals surface area contributed by atoms with Crippen molar-refractivity contribution in [3.05, 3.63) is 23.0 Å². The van der Waals surface area contributed by atoms with E-state index in [9.17, 15) is 13.2 Å². The molecule has 0 unspecified atom stereocenters. The summed E-state index contributed by atoms with van der Waals surface area (Å²) in [7, 11) is -3.27. The second kappa shape index (κ2) is 5.23. The molecule has 1 heterocycles. The zero-order valence-corrected chi connectivity index (χ0v) is 12.6. The largest absolute Gasteiger partial charge is 0.305 e. The van der Waals surface area contributed by atoms with Crippen molar-refractivity contribution in [3.8, 4) is 12.3 Å². The number of rotatable bonds is 2. The fraction of sp³-hybridized carbons (Fsp3) is 0.231. The molecule has 0 saturated heterocycles. The highest BCUT2D eigenvalue weighted by Gasteiger charge is 2.11. The lowest BCUT2D eigenvalue weighted by Crippen LogP contribution is -2.15. The Kier molecular flexibility index (Phi) is 3.79. The van der Waals surface area contributed by atoms with E-state index >= 15 is 0 Å². The van der Waals surface area contributed by atoms with E-state index in [0.717, 1.165) is 16.5 Å². The molecule has 0 aliphatic heterocycles. The van der Waals surface area contributed by atoms with Crippen molar-refractivity contribution in [2.75, 3.05) is 6.26 Å². The molecule has 2 aromatic rings. The Balaban J connectivity index is 2.81. The maximum Gasteiger partial charge on any atom is 0.245 e. The van der Waals surface area contributed by atoms with Gasteiger partial charge in [0.15, 0.2) is 14.6 Å². The Bertz CT molecular complexity index is 896. The number of sulfone groups is 1. The molecule has 0 spiro atoms. The van der Waals surface area contributed by atoms with Gasteiger partial charge in [0.25, 0.3) is 0 Å². The van der Waals surface area contributed by atoms with E-state index in [4.69, 9.17) is 6.42 Å². The van der Waals surface area contributed by atoms with Crippen LogP contribution >= 0.6 is 11.3 Å². The number of hydrogen-bond acceptors (Lipinski definition) is 4. The average Bonchev–Trinajstić information content (AvgIpc) is 2.65. The van der Waals surface area contributed by atoms with E-state index in [1.165, 1.54) is 24.3 Å². The van der Waals surface area contributed by atoms with Crippen LogP contribution in [-0.4, -0.2) is 25.1 Å². The Morgan fingerprint density at radius 2 is 2.20 bits per heavy atom. The number of carbonyl (C=O) groups excluding carboxylic acids is 1. The van der Waals surface area contributed by atoms with Crippen LogP contribution in [-0.2, 0) is 21.2 Å². The summed E-state index contributed by atoms with van der Waals surface area (Å²) < 4.78 is 25.6. The maximum atomic E-state index is 11.6. The number of fused-ring (bicyclic) bond motifs is 1. The molecule has 0 atom stereocenters. The minimum Gasteiger partial charge on any atom is -0.305 e. The van der Waals surface area contributed by atoms with Gasteiger partial charge in [-0.2, -0.15) is 4.99 Å². The lowest BCUT2D eigenvalue weighted by Gasteiger charge is -2.01. The molecule has 7 heteroatoms. The quantitative estimate of drug-likeness (QED) is 0.783. The molecule has 0 fully saturated rings. The number of thiazole rings is 1. The second-order valence-electron chi connectivity index (χ2n) is 4.21. The van der Waals surface area contributed by atoms with Crippen molar-refractivity contribution < 1.29 is 13.2 Å². The van der Waals surface area contributed by atoms with Gasteiger partial charge in [-0.05, 0) is 18.2 Å². The number of benzene rings is 1. The second-order valence-corrected chi connectivity index (χ2v) is 7.23.